The van der Waals surface area contributed by atoms with Crippen molar-refractivity contribution in [1.29, 1.82) is 0 Å². The Morgan fingerprint density at radius 2 is 1.54 bits per heavy atom. The molecular formula is C29H43N3O4S. The normalized spacial score (nSPS) is 12.6. The number of hydrogen-bond donors (Lipinski definition) is 1. The lowest BCUT2D eigenvalue weighted by Gasteiger charge is -2.33. The average molecular weight is 530 g/mol. The van der Waals surface area contributed by atoms with E-state index in [4.69, 9.17) is 0 Å². The van der Waals surface area contributed by atoms with E-state index in [0.29, 0.717) is 31.5 Å². The van der Waals surface area contributed by atoms with Crippen molar-refractivity contribution in [2.24, 2.45) is 0 Å². The summed E-state index contributed by atoms with van der Waals surface area (Å²) in [6.07, 6.45) is 3.66. The summed E-state index contributed by atoms with van der Waals surface area (Å²) in [5, 5.41) is 3.01. The highest BCUT2D eigenvalue weighted by molar-refractivity contribution is 7.92. The van der Waals surface area contributed by atoms with Crippen LogP contribution in [0.3, 0.4) is 0 Å². The Morgan fingerprint density at radius 3 is 2.05 bits per heavy atom. The molecule has 0 aliphatic heterocycles. The van der Waals surface area contributed by atoms with Gasteiger partial charge in [0, 0.05) is 25.0 Å². The Kier molecular flexibility index (Phi) is 11.2. The summed E-state index contributed by atoms with van der Waals surface area (Å²) < 4.78 is 26.4. The minimum atomic E-state index is -3.51. The Bertz CT molecular complexity index is 1110. The van der Waals surface area contributed by atoms with Crippen molar-refractivity contribution in [3.63, 3.8) is 0 Å². The van der Waals surface area contributed by atoms with Crippen LogP contribution in [-0.4, -0.2) is 56.1 Å². The summed E-state index contributed by atoms with van der Waals surface area (Å²) in [7, 11) is -3.51. The molecule has 1 atom stereocenters. The second kappa shape index (κ2) is 13.6. The lowest BCUT2D eigenvalue weighted by molar-refractivity contribution is -0.141. The van der Waals surface area contributed by atoms with Crippen LogP contribution in [0.5, 0.6) is 0 Å². The monoisotopic (exact) mass is 529 g/mol. The standard InChI is InChI=1S/C29H43N3O4S/c1-7-23-16-18-25(19-17-23)32(37(6,35)36)21-12-15-27(33)31(22-20-24-13-10-9-11-14-24)26(8-2)28(34)30-29(3,4)5/h9-11,13-14,16-19,26H,7-8,12,15,20-22H2,1-6H3,(H,30,34)/t26-/m0/s1. The molecule has 2 aromatic rings. The summed E-state index contributed by atoms with van der Waals surface area (Å²) in [4.78, 5) is 28.2. The maximum Gasteiger partial charge on any atom is 0.243 e. The van der Waals surface area contributed by atoms with E-state index in [1.165, 1.54) is 10.6 Å². The van der Waals surface area contributed by atoms with Gasteiger partial charge in [0.15, 0.2) is 0 Å². The maximum absolute atomic E-state index is 13.5. The van der Waals surface area contributed by atoms with Crippen molar-refractivity contribution < 1.29 is 18.0 Å². The van der Waals surface area contributed by atoms with Gasteiger partial charge in [-0.25, -0.2) is 8.42 Å². The quantitative estimate of drug-likeness (QED) is 0.412. The lowest BCUT2D eigenvalue weighted by atomic mass is 10.0. The van der Waals surface area contributed by atoms with E-state index in [1.807, 2.05) is 77.1 Å². The van der Waals surface area contributed by atoms with E-state index in [1.54, 1.807) is 17.0 Å². The average Bonchev–Trinajstić information content (AvgIpc) is 2.83. The molecule has 0 saturated carbocycles. The van der Waals surface area contributed by atoms with Gasteiger partial charge < -0.3 is 10.2 Å². The number of carbonyl (C=O) groups excluding carboxylic acids is 2. The minimum Gasteiger partial charge on any atom is -0.350 e. The van der Waals surface area contributed by atoms with Gasteiger partial charge >= 0.3 is 0 Å². The number of sulfonamides is 1. The van der Waals surface area contributed by atoms with Crippen molar-refractivity contribution in [2.75, 3.05) is 23.7 Å². The zero-order valence-corrected chi connectivity index (χ0v) is 24.0. The van der Waals surface area contributed by atoms with Crippen LogP contribution >= 0.6 is 0 Å². The van der Waals surface area contributed by atoms with Crippen LogP contribution in [0.1, 0.15) is 65.0 Å². The smallest absolute Gasteiger partial charge is 0.243 e. The van der Waals surface area contributed by atoms with Gasteiger partial charge in [-0.05, 0) is 69.7 Å². The van der Waals surface area contributed by atoms with Crippen LogP contribution in [0.4, 0.5) is 5.69 Å². The fraction of sp³-hybridized carbons (Fsp3) is 0.517. The summed E-state index contributed by atoms with van der Waals surface area (Å²) >= 11 is 0. The predicted octanol–water partition coefficient (Wildman–Crippen LogP) is 4.56. The lowest BCUT2D eigenvalue weighted by Crippen LogP contribution is -2.54. The molecule has 0 saturated heterocycles. The fourth-order valence-corrected chi connectivity index (χ4v) is 5.22. The summed E-state index contributed by atoms with van der Waals surface area (Å²) in [6.45, 7) is 10.3. The highest BCUT2D eigenvalue weighted by atomic mass is 32.2. The van der Waals surface area contributed by atoms with Gasteiger partial charge in [0.2, 0.25) is 21.8 Å². The molecule has 2 rings (SSSR count). The third-order valence-corrected chi connectivity index (χ3v) is 7.35. The van der Waals surface area contributed by atoms with Gasteiger partial charge in [-0.1, -0.05) is 56.3 Å². The van der Waals surface area contributed by atoms with Crippen molar-refractivity contribution >= 4 is 27.5 Å². The zero-order chi connectivity index (χ0) is 27.6. The number of nitrogens with one attached hydrogen (secondary N) is 1. The van der Waals surface area contributed by atoms with Gasteiger partial charge in [0.05, 0.1) is 11.9 Å². The van der Waals surface area contributed by atoms with E-state index >= 15 is 0 Å². The van der Waals surface area contributed by atoms with Crippen LogP contribution in [0, 0.1) is 0 Å². The molecule has 2 amide bonds. The van der Waals surface area contributed by atoms with E-state index in [0.717, 1.165) is 17.5 Å². The zero-order valence-electron chi connectivity index (χ0n) is 23.2. The molecule has 0 aliphatic rings. The number of nitrogens with zero attached hydrogens (tertiary/aromatic N) is 2. The van der Waals surface area contributed by atoms with Crippen LogP contribution in [0.15, 0.2) is 54.6 Å². The van der Waals surface area contributed by atoms with Gasteiger partial charge in [-0.2, -0.15) is 0 Å². The first-order valence-corrected chi connectivity index (χ1v) is 14.9. The molecular weight excluding hydrogens is 486 g/mol. The Morgan fingerprint density at radius 1 is 0.919 bits per heavy atom. The number of rotatable bonds is 13. The molecule has 204 valence electrons. The van der Waals surface area contributed by atoms with Crippen molar-refractivity contribution in [1.82, 2.24) is 10.2 Å². The van der Waals surface area contributed by atoms with Gasteiger partial charge in [0.1, 0.15) is 6.04 Å². The van der Waals surface area contributed by atoms with E-state index < -0.39 is 21.6 Å². The molecule has 0 aliphatic carbocycles. The Hall–Kier alpha value is -2.87. The van der Waals surface area contributed by atoms with E-state index in [-0.39, 0.29) is 24.8 Å². The number of aryl methyl sites for hydroxylation is 1. The van der Waals surface area contributed by atoms with Crippen molar-refractivity contribution in [3.05, 3.63) is 65.7 Å². The van der Waals surface area contributed by atoms with Crippen molar-refractivity contribution in [2.45, 2.75) is 78.3 Å². The SMILES string of the molecule is CCc1ccc(N(CCCC(=O)N(CCc2ccccc2)[C@@H](CC)C(=O)NC(C)(C)C)S(C)(=O)=O)cc1. The van der Waals surface area contributed by atoms with Gasteiger partial charge in [-0.3, -0.25) is 13.9 Å². The van der Waals surface area contributed by atoms with Gasteiger partial charge in [-0.15, -0.1) is 0 Å². The summed E-state index contributed by atoms with van der Waals surface area (Å²) in [5.41, 5.74) is 2.39. The maximum atomic E-state index is 13.5. The first-order chi connectivity index (χ1) is 17.4. The topological polar surface area (TPSA) is 86.8 Å². The number of benzene rings is 2. The molecule has 2 aromatic carbocycles. The molecule has 0 radical (unpaired) electrons. The number of hydrogen-bond acceptors (Lipinski definition) is 4. The molecule has 0 fully saturated rings. The highest BCUT2D eigenvalue weighted by Crippen LogP contribution is 2.20. The number of amides is 2. The molecule has 0 heterocycles. The second-order valence-corrected chi connectivity index (χ2v) is 12.4. The summed E-state index contributed by atoms with van der Waals surface area (Å²) in [5.74, 6) is -0.327. The molecule has 8 heteroatoms. The fourth-order valence-electron chi connectivity index (χ4n) is 4.25. The molecule has 0 aromatic heterocycles. The molecule has 7 nitrogen and oxygen atoms in total. The van der Waals surface area contributed by atoms with Crippen LogP contribution in [0.25, 0.3) is 0 Å². The highest BCUT2D eigenvalue weighted by Gasteiger charge is 2.30. The molecule has 0 unspecified atom stereocenters. The number of anilines is 1. The number of carbonyl (C=O) groups is 2. The van der Waals surface area contributed by atoms with Gasteiger partial charge in [0.25, 0.3) is 0 Å². The van der Waals surface area contributed by atoms with E-state index in [2.05, 4.69) is 5.32 Å². The Balaban J connectivity index is 2.17. The van der Waals surface area contributed by atoms with Crippen LogP contribution in [-0.2, 0) is 32.5 Å². The van der Waals surface area contributed by atoms with Crippen molar-refractivity contribution in [3.8, 4) is 0 Å². The Labute approximate surface area is 223 Å². The summed E-state index contributed by atoms with van der Waals surface area (Å²) in [6, 6.07) is 16.7. The third-order valence-electron chi connectivity index (χ3n) is 6.15. The van der Waals surface area contributed by atoms with Crippen LogP contribution < -0.4 is 9.62 Å². The molecule has 0 spiro atoms. The molecule has 0 bridgehead atoms. The minimum absolute atomic E-state index is 0.146. The van der Waals surface area contributed by atoms with E-state index in [9.17, 15) is 18.0 Å². The molecule has 37 heavy (non-hydrogen) atoms. The molecule has 1 N–H and O–H groups in total. The largest absolute Gasteiger partial charge is 0.350 e. The third kappa shape index (κ3) is 9.84. The first kappa shape index (κ1) is 30.4. The predicted molar refractivity (Wildman–Crippen MR) is 151 cm³/mol. The first-order valence-electron chi connectivity index (χ1n) is 13.1. The van der Waals surface area contributed by atoms with Crippen LogP contribution in [0.2, 0.25) is 0 Å². The second-order valence-electron chi connectivity index (χ2n) is 10.4.